The average Bonchev–Trinajstić information content (AvgIpc) is 2.97. The van der Waals surface area contributed by atoms with E-state index in [0.29, 0.717) is 6.61 Å². The number of carboxylic acid groups (broad SMARTS) is 1. The molecule has 5 nitrogen and oxygen atoms in total. The molecule has 0 aromatic heterocycles. The van der Waals surface area contributed by atoms with Crippen molar-refractivity contribution in [2.45, 2.75) is 32.0 Å². The summed E-state index contributed by atoms with van der Waals surface area (Å²) in [5.74, 6) is -1.80. The van der Waals surface area contributed by atoms with Gasteiger partial charge >= 0.3 is 11.9 Å². The number of rotatable bonds is 6. The zero-order chi connectivity index (χ0) is 11.3. The topological polar surface area (TPSA) is 76.1 Å². The number of ether oxygens (including phenoxy) is 2. The second-order valence-corrected chi connectivity index (χ2v) is 3.31. The number of epoxide rings is 1. The predicted molar refractivity (Wildman–Crippen MR) is 51.3 cm³/mol. The standard InChI is InChI=1S/C10H14O5/c1-2-3-7(8-6-14-8)15-10(13)5-4-9(11)12/h4-5,7-8H,2-3,6H2,1H3,(H,11,12)/b5-4+. The maximum atomic E-state index is 11.1. The predicted octanol–water partition coefficient (Wildman–Crippen LogP) is 0.738. The second kappa shape index (κ2) is 5.50. The molecule has 2 atom stereocenters. The summed E-state index contributed by atoms with van der Waals surface area (Å²) >= 11 is 0. The fraction of sp³-hybridized carbons (Fsp3) is 0.600. The van der Waals surface area contributed by atoms with Gasteiger partial charge in [0.15, 0.2) is 0 Å². The minimum atomic E-state index is -1.17. The van der Waals surface area contributed by atoms with Gasteiger partial charge in [0.05, 0.1) is 6.61 Å². The lowest BCUT2D eigenvalue weighted by Crippen LogP contribution is -2.22. The van der Waals surface area contributed by atoms with Gasteiger partial charge in [-0.2, -0.15) is 0 Å². The summed E-state index contributed by atoms with van der Waals surface area (Å²) < 4.78 is 10.1. The van der Waals surface area contributed by atoms with Crippen LogP contribution in [0.25, 0.3) is 0 Å². The van der Waals surface area contributed by atoms with Gasteiger partial charge in [-0.1, -0.05) is 13.3 Å². The Labute approximate surface area is 87.7 Å². The van der Waals surface area contributed by atoms with Gasteiger partial charge in [0, 0.05) is 12.2 Å². The molecule has 1 N–H and O–H groups in total. The number of carbonyl (C=O) groups excluding carboxylic acids is 1. The van der Waals surface area contributed by atoms with Gasteiger partial charge < -0.3 is 14.6 Å². The van der Waals surface area contributed by atoms with Crippen LogP contribution in [0.2, 0.25) is 0 Å². The Bertz CT molecular complexity index is 267. The highest BCUT2D eigenvalue weighted by molar-refractivity contribution is 5.90. The van der Waals surface area contributed by atoms with Crippen LogP contribution >= 0.6 is 0 Å². The fourth-order valence-corrected chi connectivity index (χ4v) is 1.20. The quantitative estimate of drug-likeness (QED) is 0.401. The molecule has 1 rings (SSSR count). The number of aliphatic carboxylic acids is 1. The first-order valence-electron chi connectivity index (χ1n) is 4.86. The second-order valence-electron chi connectivity index (χ2n) is 3.31. The summed E-state index contributed by atoms with van der Waals surface area (Å²) in [6.07, 6.45) is 3.04. The van der Waals surface area contributed by atoms with Crippen molar-refractivity contribution in [2.24, 2.45) is 0 Å². The average molecular weight is 214 g/mol. The first kappa shape index (κ1) is 11.7. The third-order valence-electron chi connectivity index (χ3n) is 1.98. The largest absolute Gasteiger partial charge is 0.478 e. The Balaban J connectivity index is 2.36. The van der Waals surface area contributed by atoms with Crippen LogP contribution in [-0.2, 0) is 19.1 Å². The SMILES string of the molecule is CCCC(OC(=O)/C=C/C(=O)O)C1CO1. The molecule has 1 aliphatic heterocycles. The maximum Gasteiger partial charge on any atom is 0.331 e. The highest BCUT2D eigenvalue weighted by Crippen LogP contribution is 2.21. The molecule has 0 bridgehead atoms. The summed E-state index contributed by atoms with van der Waals surface area (Å²) in [6, 6.07) is 0. The zero-order valence-electron chi connectivity index (χ0n) is 8.51. The number of carbonyl (C=O) groups is 2. The van der Waals surface area contributed by atoms with Crippen molar-refractivity contribution < 1.29 is 24.2 Å². The molecule has 0 spiro atoms. The van der Waals surface area contributed by atoms with E-state index in [9.17, 15) is 9.59 Å². The van der Waals surface area contributed by atoms with E-state index in [-0.39, 0.29) is 12.2 Å². The molecule has 5 heteroatoms. The van der Waals surface area contributed by atoms with Crippen molar-refractivity contribution in [3.8, 4) is 0 Å². The van der Waals surface area contributed by atoms with Crippen molar-refractivity contribution in [3.05, 3.63) is 12.2 Å². The van der Waals surface area contributed by atoms with Gasteiger partial charge in [-0.25, -0.2) is 9.59 Å². The Kier molecular flexibility index (Phi) is 4.30. The van der Waals surface area contributed by atoms with Crippen molar-refractivity contribution in [1.82, 2.24) is 0 Å². The lowest BCUT2D eigenvalue weighted by molar-refractivity contribution is -0.144. The van der Waals surface area contributed by atoms with Crippen LogP contribution in [-0.4, -0.2) is 35.9 Å². The highest BCUT2D eigenvalue weighted by Gasteiger charge is 2.34. The van der Waals surface area contributed by atoms with E-state index >= 15 is 0 Å². The normalized spacial score (nSPS) is 21.3. The van der Waals surface area contributed by atoms with Crippen LogP contribution < -0.4 is 0 Å². The third-order valence-corrected chi connectivity index (χ3v) is 1.98. The van der Waals surface area contributed by atoms with Crippen molar-refractivity contribution in [1.29, 1.82) is 0 Å². The Morgan fingerprint density at radius 3 is 2.73 bits per heavy atom. The van der Waals surface area contributed by atoms with Crippen molar-refractivity contribution >= 4 is 11.9 Å². The van der Waals surface area contributed by atoms with Crippen LogP contribution in [0.15, 0.2) is 12.2 Å². The molecule has 0 aromatic rings. The number of hydrogen-bond donors (Lipinski definition) is 1. The molecule has 15 heavy (non-hydrogen) atoms. The van der Waals surface area contributed by atoms with Crippen LogP contribution in [0.4, 0.5) is 0 Å². The molecular formula is C10H14O5. The Hall–Kier alpha value is -1.36. The molecule has 0 radical (unpaired) electrons. The van der Waals surface area contributed by atoms with Crippen LogP contribution in [0, 0.1) is 0 Å². The van der Waals surface area contributed by atoms with Gasteiger partial charge in [-0.3, -0.25) is 0 Å². The highest BCUT2D eigenvalue weighted by atomic mass is 16.6. The van der Waals surface area contributed by atoms with E-state index in [4.69, 9.17) is 14.6 Å². The van der Waals surface area contributed by atoms with Gasteiger partial charge in [-0.05, 0) is 6.42 Å². The summed E-state index contributed by atoms with van der Waals surface area (Å²) in [4.78, 5) is 21.3. The zero-order valence-corrected chi connectivity index (χ0v) is 8.51. The molecule has 1 heterocycles. The Morgan fingerprint density at radius 2 is 2.27 bits per heavy atom. The first-order valence-corrected chi connectivity index (χ1v) is 4.86. The molecule has 0 aromatic carbocycles. The van der Waals surface area contributed by atoms with E-state index in [0.717, 1.165) is 25.0 Å². The fourth-order valence-electron chi connectivity index (χ4n) is 1.20. The van der Waals surface area contributed by atoms with E-state index in [2.05, 4.69) is 0 Å². The van der Waals surface area contributed by atoms with Gasteiger partial charge in [0.1, 0.15) is 12.2 Å². The summed E-state index contributed by atoms with van der Waals surface area (Å²) in [5, 5.41) is 8.30. The van der Waals surface area contributed by atoms with E-state index < -0.39 is 11.9 Å². The molecule has 84 valence electrons. The number of hydrogen-bond acceptors (Lipinski definition) is 4. The third kappa shape index (κ3) is 4.60. The smallest absolute Gasteiger partial charge is 0.331 e. The number of esters is 1. The molecule has 1 aliphatic rings. The molecule has 0 saturated carbocycles. The minimum absolute atomic E-state index is 0.00729. The Morgan fingerprint density at radius 1 is 1.60 bits per heavy atom. The molecular weight excluding hydrogens is 200 g/mol. The molecule has 0 amide bonds. The summed E-state index contributed by atoms with van der Waals surface area (Å²) in [6.45, 7) is 2.59. The van der Waals surface area contributed by atoms with E-state index in [1.54, 1.807) is 0 Å². The maximum absolute atomic E-state index is 11.1. The molecule has 1 saturated heterocycles. The molecule has 1 fully saturated rings. The summed E-state index contributed by atoms with van der Waals surface area (Å²) in [5.41, 5.74) is 0. The van der Waals surface area contributed by atoms with Crippen LogP contribution in [0.3, 0.4) is 0 Å². The van der Waals surface area contributed by atoms with Crippen molar-refractivity contribution in [2.75, 3.05) is 6.61 Å². The lowest BCUT2D eigenvalue weighted by atomic mass is 10.1. The minimum Gasteiger partial charge on any atom is -0.478 e. The van der Waals surface area contributed by atoms with Gasteiger partial charge in [0.25, 0.3) is 0 Å². The monoisotopic (exact) mass is 214 g/mol. The van der Waals surface area contributed by atoms with Crippen LogP contribution in [0.5, 0.6) is 0 Å². The van der Waals surface area contributed by atoms with E-state index in [1.807, 2.05) is 6.92 Å². The van der Waals surface area contributed by atoms with Gasteiger partial charge in [0.2, 0.25) is 0 Å². The van der Waals surface area contributed by atoms with Crippen molar-refractivity contribution in [3.63, 3.8) is 0 Å². The summed E-state index contributed by atoms with van der Waals surface area (Å²) in [7, 11) is 0. The molecule has 0 aliphatic carbocycles. The van der Waals surface area contributed by atoms with Gasteiger partial charge in [-0.15, -0.1) is 0 Å². The first-order chi connectivity index (χ1) is 7.13. The van der Waals surface area contributed by atoms with E-state index in [1.165, 1.54) is 0 Å². The lowest BCUT2D eigenvalue weighted by Gasteiger charge is -2.13. The number of carboxylic acids is 1. The molecule has 2 unspecified atom stereocenters. The van der Waals surface area contributed by atoms with Crippen LogP contribution in [0.1, 0.15) is 19.8 Å².